The standard InChI is InChI=1S/C21H22BrN5O4/c1-3-5-10-27-18-17(19(28)25-21(27)30)26(4-2)14(24-18)11-31-20(29)16-15(22)12-8-6-7-9-13(12)23-16/h6-9,23H,3-5,10-11H2,1-2H3,(H,25,28,30). The van der Waals surface area contributed by atoms with Crippen LogP contribution in [0.1, 0.15) is 43.0 Å². The van der Waals surface area contributed by atoms with Gasteiger partial charge in [-0.3, -0.25) is 14.3 Å². The van der Waals surface area contributed by atoms with E-state index in [9.17, 15) is 14.4 Å². The summed E-state index contributed by atoms with van der Waals surface area (Å²) in [5, 5.41) is 0.877. The van der Waals surface area contributed by atoms with Crippen molar-refractivity contribution in [3.8, 4) is 0 Å². The highest BCUT2D eigenvalue weighted by molar-refractivity contribution is 9.10. The molecule has 0 saturated heterocycles. The van der Waals surface area contributed by atoms with Crippen LogP contribution in [-0.2, 0) is 24.4 Å². The van der Waals surface area contributed by atoms with Gasteiger partial charge in [-0.2, -0.15) is 0 Å². The Morgan fingerprint density at radius 3 is 2.65 bits per heavy atom. The zero-order valence-electron chi connectivity index (χ0n) is 17.2. The fraction of sp³-hybridized carbons (Fsp3) is 0.333. The molecule has 0 aliphatic heterocycles. The molecule has 0 aliphatic rings. The van der Waals surface area contributed by atoms with E-state index in [1.807, 2.05) is 38.1 Å². The Morgan fingerprint density at radius 2 is 1.94 bits per heavy atom. The molecule has 0 saturated carbocycles. The van der Waals surface area contributed by atoms with Gasteiger partial charge in [0.25, 0.3) is 5.56 Å². The summed E-state index contributed by atoms with van der Waals surface area (Å²) in [5.74, 6) is -0.144. The van der Waals surface area contributed by atoms with E-state index in [-0.39, 0.29) is 6.61 Å². The van der Waals surface area contributed by atoms with Gasteiger partial charge >= 0.3 is 11.7 Å². The van der Waals surface area contributed by atoms with Crippen LogP contribution in [0.15, 0.2) is 38.3 Å². The number of aromatic amines is 2. The number of ether oxygens (including phenoxy) is 1. The maximum absolute atomic E-state index is 12.7. The molecule has 0 unspecified atom stereocenters. The summed E-state index contributed by atoms with van der Waals surface area (Å²) in [4.78, 5) is 47.4. The van der Waals surface area contributed by atoms with Gasteiger partial charge in [0.15, 0.2) is 11.2 Å². The average molecular weight is 488 g/mol. The van der Waals surface area contributed by atoms with Crippen molar-refractivity contribution in [1.82, 2.24) is 24.1 Å². The van der Waals surface area contributed by atoms with Gasteiger partial charge in [0.1, 0.15) is 18.1 Å². The molecule has 0 bridgehead atoms. The third-order valence-corrected chi connectivity index (χ3v) is 6.02. The number of esters is 1. The second-order valence-corrected chi connectivity index (χ2v) is 7.94. The molecule has 0 radical (unpaired) electrons. The zero-order valence-corrected chi connectivity index (χ0v) is 18.8. The number of rotatable bonds is 7. The van der Waals surface area contributed by atoms with Crippen LogP contribution in [0, 0.1) is 0 Å². The van der Waals surface area contributed by atoms with Gasteiger partial charge in [-0.05, 0) is 35.3 Å². The van der Waals surface area contributed by atoms with Crippen molar-refractivity contribution >= 4 is 44.0 Å². The molecule has 4 aromatic rings. The van der Waals surface area contributed by atoms with Crippen LogP contribution in [0.5, 0.6) is 0 Å². The highest BCUT2D eigenvalue weighted by Crippen LogP contribution is 2.28. The monoisotopic (exact) mass is 487 g/mol. The summed E-state index contributed by atoms with van der Waals surface area (Å²) in [7, 11) is 0. The van der Waals surface area contributed by atoms with Crippen LogP contribution in [0.3, 0.4) is 0 Å². The minimum absolute atomic E-state index is 0.134. The molecule has 0 spiro atoms. The van der Waals surface area contributed by atoms with E-state index in [4.69, 9.17) is 4.74 Å². The number of halogens is 1. The number of hydrogen-bond donors (Lipinski definition) is 2. The zero-order chi connectivity index (χ0) is 22.1. The predicted octanol–water partition coefficient (Wildman–Crippen LogP) is 3.31. The van der Waals surface area contributed by atoms with E-state index in [2.05, 4.69) is 30.9 Å². The third kappa shape index (κ3) is 3.71. The van der Waals surface area contributed by atoms with Crippen LogP contribution >= 0.6 is 15.9 Å². The number of nitrogens with one attached hydrogen (secondary N) is 2. The highest BCUT2D eigenvalue weighted by Gasteiger charge is 2.21. The Bertz CT molecular complexity index is 1390. The first-order chi connectivity index (χ1) is 15.0. The normalized spacial score (nSPS) is 11.5. The van der Waals surface area contributed by atoms with Crippen LogP contribution in [0.2, 0.25) is 0 Å². The Kier molecular flexibility index (Phi) is 5.81. The van der Waals surface area contributed by atoms with Gasteiger partial charge in [-0.15, -0.1) is 0 Å². The lowest BCUT2D eigenvalue weighted by Crippen LogP contribution is -2.31. The molecular weight excluding hydrogens is 466 g/mol. The number of fused-ring (bicyclic) bond motifs is 2. The number of imidazole rings is 1. The Morgan fingerprint density at radius 1 is 1.16 bits per heavy atom. The molecule has 0 fully saturated rings. The van der Waals surface area contributed by atoms with Gasteiger partial charge in [0.2, 0.25) is 0 Å². The third-order valence-electron chi connectivity index (χ3n) is 5.20. The van der Waals surface area contributed by atoms with E-state index in [0.29, 0.717) is 40.2 Å². The minimum atomic E-state index is -0.546. The first-order valence-corrected chi connectivity index (χ1v) is 10.9. The average Bonchev–Trinajstić information content (AvgIpc) is 3.30. The fourth-order valence-corrected chi connectivity index (χ4v) is 4.25. The SMILES string of the molecule is CCCCn1c(=O)[nH]c(=O)c2c1nc(COC(=O)c1[nH]c3ccccc3c1Br)n2CC. The second-order valence-electron chi connectivity index (χ2n) is 7.14. The number of para-hydroxylation sites is 1. The molecular formula is C21H22BrN5O4. The number of carbonyl (C=O) groups is 1. The molecule has 31 heavy (non-hydrogen) atoms. The Labute approximate surface area is 185 Å². The van der Waals surface area contributed by atoms with E-state index >= 15 is 0 Å². The van der Waals surface area contributed by atoms with Crippen molar-refractivity contribution in [2.75, 3.05) is 0 Å². The summed E-state index contributed by atoms with van der Waals surface area (Å²) in [5.41, 5.74) is 0.736. The quantitative estimate of drug-likeness (QED) is 0.388. The lowest BCUT2D eigenvalue weighted by atomic mass is 10.2. The molecule has 2 N–H and O–H groups in total. The molecule has 0 aliphatic carbocycles. The molecule has 3 heterocycles. The lowest BCUT2D eigenvalue weighted by molar-refractivity contribution is 0.0451. The van der Waals surface area contributed by atoms with E-state index in [1.165, 1.54) is 4.57 Å². The van der Waals surface area contributed by atoms with E-state index in [1.54, 1.807) is 4.57 Å². The molecule has 4 rings (SSSR count). The van der Waals surface area contributed by atoms with Crippen molar-refractivity contribution < 1.29 is 9.53 Å². The summed E-state index contributed by atoms with van der Waals surface area (Å²) in [6.45, 7) is 4.64. The predicted molar refractivity (Wildman–Crippen MR) is 120 cm³/mol. The number of hydrogen-bond acceptors (Lipinski definition) is 5. The van der Waals surface area contributed by atoms with Gasteiger partial charge in [-0.1, -0.05) is 31.5 Å². The lowest BCUT2D eigenvalue weighted by Gasteiger charge is -2.07. The van der Waals surface area contributed by atoms with Crippen LogP contribution in [0.4, 0.5) is 0 Å². The minimum Gasteiger partial charge on any atom is -0.453 e. The molecule has 0 atom stereocenters. The smallest absolute Gasteiger partial charge is 0.356 e. The second kappa shape index (κ2) is 8.54. The summed E-state index contributed by atoms with van der Waals surface area (Å²) < 4.78 is 9.27. The van der Waals surface area contributed by atoms with Gasteiger partial charge in [0.05, 0.1) is 4.47 Å². The topological polar surface area (TPSA) is 115 Å². The molecule has 1 aromatic carbocycles. The van der Waals surface area contributed by atoms with Crippen molar-refractivity contribution in [1.29, 1.82) is 0 Å². The Balaban J connectivity index is 1.68. The molecule has 0 amide bonds. The number of aromatic nitrogens is 5. The first-order valence-electron chi connectivity index (χ1n) is 10.1. The van der Waals surface area contributed by atoms with Crippen molar-refractivity contribution in [3.05, 3.63) is 61.1 Å². The maximum atomic E-state index is 12.7. The largest absolute Gasteiger partial charge is 0.453 e. The van der Waals surface area contributed by atoms with Crippen LogP contribution in [0.25, 0.3) is 22.1 Å². The summed E-state index contributed by atoms with van der Waals surface area (Å²) in [6.07, 6.45) is 1.67. The van der Waals surface area contributed by atoms with Crippen molar-refractivity contribution in [2.24, 2.45) is 0 Å². The number of carbonyl (C=O) groups excluding carboxylic acids is 1. The first kappa shape index (κ1) is 21.1. The fourth-order valence-electron chi connectivity index (χ4n) is 3.64. The molecule has 9 nitrogen and oxygen atoms in total. The maximum Gasteiger partial charge on any atom is 0.356 e. The number of unbranched alkanes of at least 4 members (excludes halogenated alkanes) is 1. The molecule has 10 heteroatoms. The van der Waals surface area contributed by atoms with Gasteiger partial charge in [-0.25, -0.2) is 14.6 Å². The molecule has 162 valence electrons. The van der Waals surface area contributed by atoms with Crippen LogP contribution in [-0.4, -0.2) is 30.1 Å². The van der Waals surface area contributed by atoms with Gasteiger partial charge in [0, 0.05) is 24.0 Å². The number of aryl methyl sites for hydroxylation is 2. The van der Waals surface area contributed by atoms with Crippen molar-refractivity contribution in [3.63, 3.8) is 0 Å². The number of nitrogens with zero attached hydrogens (tertiary/aromatic N) is 3. The Hall–Kier alpha value is -3.14. The highest BCUT2D eigenvalue weighted by atomic mass is 79.9. The van der Waals surface area contributed by atoms with E-state index < -0.39 is 17.2 Å². The number of benzene rings is 1. The van der Waals surface area contributed by atoms with Gasteiger partial charge < -0.3 is 14.3 Å². The summed E-state index contributed by atoms with van der Waals surface area (Å²) >= 11 is 3.45. The van der Waals surface area contributed by atoms with Crippen LogP contribution < -0.4 is 11.2 Å². The molecule has 3 aromatic heterocycles. The summed E-state index contributed by atoms with van der Waals surface area (Å²) in [6, 6.07) is 7.52. The van der Waals surface area contributed by atoms with E-state index in [0.717, 1.165) is 23.7 Å². The van der Waals surface area contributed by atoms with Crippen molar-refractivity contribution in [2.45, 2.75) is 46.4 Å². The number of H-pyrrole nitrogens is 2.